The van der Waals surface area contributed by atoms with Crippen molar-refractivity contribution in [2.24, 2.45) is 0 Å². The van der Waals surface area contributed by atoms with E-state index in [1.165, 1.54) is 12.1 Å². The van der Waals surface area contributed by atoms with Crippen molar-refractivity contribution in [2.75, 3.05) is 5.32 Å². The predicted octanol–water partition coefficient (Wildman–Crippen LogP) is 4.40. The van der Waals surface area contributed by atoms with Crippen LogP contribution >= 0.6 is 15.9 Å². The quantitative estimate of drug-likeness (QED) is 0.704. The number of hydrogen-bond donors (Lipinski definition) is 1. The lowest BCUT2D eigenvalue weighted by atomic mass is 10.0. The van der Waals surface area contributed by atoms with Gasteiger partial charge in [-0.15, -0.1) is 0 Å². The van der Waals surface area contributed by atoms with Gasteiger partial charge in [0.15, 0.2) is 0 Å². The van der Waals surface area contributed by atoms with Gasteiger partial charge in [0.05, 0.1) is 18.8 Å². The molecule has 24 heavy (non-hydrogen) atoms. The molecule has 0 aliphatic rings. The Bertz CT molecular complexity index is 836. The smallest absolute Gasteiger partial charge is 0.226 e. The highest BCUT2D eigenvalue weighted by molar-refractivity contribution is 9.10. The summed E-state index contributed by atoms with van der Waals surface area (Å²) in [4.78, 5) is 16.5. The van der Waals surface area contributed by atoms with Crippen molar-refractivity contribution in [1.29, 1.82) is 0 Å². The number of imidazole rings is 1. The molecule has 0 radical (unpaired) electrons. The van der Waals surface area contributed by atoms with Gasteiger partial charge in [-0.05, 0) is 35.9 Å². The van der Waals surface area contributed by atoms with Crippen LogP contribution in [0.5, 0.6) is 0 Å². The lowest BCUT2D eigenvalue weighted by Crippen LogP contribution is -2.19. The summed E-state index contributed by atoms with van der Waals surface area (Å²) in [5.74, 6) is -0.485. The lowest BCUT2D eigenvalue weighted by Gasteiger charge is -2.19. The van der Waals surface area contributed by atoms with Crippen molar-refractivity contribution in [1.82, 2.24) is 9.55 Å². The number of nitrogens with zero attached hydrogens (tertiary/aromatic N) is 2. The third-order valence-electron chi connectivity index (χ3n) is 3.61. The highest BCUT2D eigenvalue weighted by Gasteiger charge is 2.18. The minimum absolute atomic E-state index is 0.156. The van der Waals surface area contributed by atoms with Crippen LogP contribution in [0.3, 0.4) is 0 Å². The summed E-state index contributed by atoms with van der Waals surface area (Å²) in [5, 5.41) is 2.86. The van der Waals surface area contributed by atoms with E-state index in [0.717, 1.165) is 10.0 Å². The van der Waals surface area contributed by atoms with Gasteiger partial charge in [-0.25, -0.2) is 9.37 Å². The Hall–Kier alpha value is -2.47. The molecule has 1 amide bonds. The van der Waals surface area contributed by atoms with E-state index in [-0.39, 0.29) is 24.2 Å². The molecule has 0 spiro atoms. The minimum atomic E-state index is -0.329. The molecule has 6 heteroatoms. The molecule has 0 saturated carbocycles. The zero-order valence-corrected chi connectivity index (χ0v) is 14.3. The molecular formula is C18H15BrFN3O. The molecule has 3 rings (SSSR count). The van der Waals surface area contributed by atoms with E-state index in [1.54, 1.807) is 35.4 Å². The summed E-state index contributed by atoms with van der Waals surface area (Å²) < 4.78 is 16.3. The van der Waals surface area contributed by atoms with Crippen LogP contribution in [0.4, 0.5) is 10.1 Å². The Morgan fingerprint density at radius 2 is 2.08 bits per heavy atom. The number of amides is 1. The molecule has 0 bridgehead atoms. The van der Waals surface area contributed by atoms with Crippen molar-refractivity contribution in [3.63, 3.8) is 0 Å². The number of hydrogen-bond acceptors (Lipinski definition) is 2. The van der Waals surface area contributed by atoms with Crippen molar-refractivity contribution < 1.29 is 9.18 Å². The molecule has 0 saturated heterocycles. The molecule has 0 aliphatic carbocycles. The number of carbonyl (C=O) groups is 1. The highest BCUT2D eigenvalue weighted by Crippen LogP contribution is 2.24. The van der Waals surface area contributed by atoms with Crippen molar-refractivity contribution in [3.05, 3.63) is 83.1 Å². The molecule has 1 aromatic heterocycles. The van der Waals surface area contributed by atoms with Crippen LogP contribution in [-0.4, -0.2) is 15.5 Å². The monoisotopic (exact) mass is 387 g/mol. The average Bonchev–Trinajstić information content (AvgIpc) is 3.07. The van der Waals surface area contributed by atoms with E-state index in [9.17, 15) is 9.18 Å². The van der Waals surface area contributed by atoms with Crippen LogP contribution in [0.15, 0.2) is 71.7 Å². The fourth-order valence-electron chi connectivity index (χ4n) is 2.52. The average molecular weight is 388 g/mol. The number of anilines is 1. The summed E-state index contributed by atoms with van der Waals surface area (Å²) in [5.41, 5.74) is 1.43. The summed E-state index contributed by atoms with van der Waals surface area (Å²) >= 11 is 3.37. The van der Waals surface area contributed by atoms with E-state index < -0.39 is 0 Å². The predicted molar refractivity (Wildman–Crippen MR) is 94.2 cm³/mol. The maximum Gasteiger partial charge on any atom is 0.226 e. The lowest BCUT2D eigenvalue weighted by molar-refractivity contribution is -0.116. The van der Waals surface area contributed by atoms with Gasteiger partial charge in [-0.3, -0.25) is 4.79 Å². The molecule has 4 nitrogen and oxygen atoms in total. The fraction of sp³-hybridized carbons (Fsp3) is 0.111. The maximum atomic E-state index is 13.6. The first kappa shape index (κ1) is 16.4. The first-order valence-electron chi connectivity index (χ1n) is 7.40. The molecule has 1 N–H and O–H groups in total. The van der Waals surface area contributed by atoms with Gasteiger partial charge in [-0.1, -0.05) is 34.1 Å². The Labute approximate surface area is 147 Å². The first-order chi connectivity index (χ1) is 11.6. The van der Waals surface area contributed by atoms with Crippen LogP contribution < -0.4 is 5.32 Å². The molecule has 1 atom stereocenters. The van der Waals surface area contributed by atoms with Gasteiger partial charge in [0.1, 0.15) is 5.82 Å². The van der Waals surface area contributed by atoms with Crippen LogP contribution in [0.25, 0.3) is 0 Å². The van der Waals surface area contributed by atoms with E-state index in [1.807, 2.05) is 24.3 Å². The standard InChI is InChI=1S/C18H15BrFN3O/c19-14-4-2-6-16(10-14)22-18(24)11-17(23-8-7-21-12-23)13-3-1-5-15(20)9-13/h1-10,12,17H,11H2,(H,22,24). The van der Waals surface area contributed by atoms with Gasteiger partial charge in [0.2, 0.25) is 5.91 Å². The van der Waals surface area contributed by atoms with Gasteiger partial charge < -0.3 is 9.88 Å². The van der Waals surface area contributed by atoms with Crippen molar-refractivity contribution in [3.8, 4) is 0 Å². The fourth-order valence-corrected chi connectivity index (χ4v) is 2.92. The second kappa shape index (κ2) is 7.40. The van der Waals surface area contributed by atoms with Crippen LogP contribution in [0, 0.1) is 5.82 Å². The van der Waals surface area contributed by atoms with Crippen molar-refractivity contribution in [2.45, 2.75) is 12.5 Å². The Balaban J connectivity index is 1.80. The minimum Gasteiger partial charge on any atom is -0.329 e. The molecule has 3 aromatic rings. The summed E-state index contributed by atoms with van der Waals surface area (Å²) in [6.07, 6.45) is 5.20. The first-order valence-corrected chi connectivity index (χ1v) is 8.19. The largest absolute Gasteiger partial charge is 0.329 e. The van der Waals surface area contributed by atoms with Crippen LogP contribution in [-0.2, 0) is 4.79 Å². The van der Waals surface area contributed by atoms with Crippen LogP contribution in [0.1, 0.15) is 18.0 Å². The van der Waals surface area contributed by atoms with Gasteiger partial charge in [-0.2, -0.15) is 0 Å². The van der Waals surface area contributed by atoms with Gasteiger partial charge in [0, 0.05) is 22.6 Å². The Kier molecular flexibility index (Phi) is 5.05. The third kappa shape index (κ3) is 4.08. The number of carbonyl (C=O) groups excluding carboxylic acids is 1. The maximum absolute atomic E-state index is 13.6. The molecular weight excluding hydrogens is 373 g/mol. The number of rotatable bonds is 5. The number of aromatic nitrogens is 2. The molecule has 1 unspecified atom stereocenters. The number of nitrogens with one attached hydrogen (secondary N) is 1. The molecule has 2 aromatic carbocycles. The second-order valence-corrected chi connectivity index (χ2v) is 6.26. The third-order valence-corrected chi connectivity index (χ3v) is 4.10. The van der Waals surface area contributed by atoms with Crippen LogP contribution in [0.2, 0.25) is 0 Å². The molecule has 1 heterocycles. The number of halogens is 2. The topological polar surface area (TPSA) is 46.9 Å². The highest BCUT2D eigenvalue weighted by atomic mass is 79.9. The Morgan fingerprint density at radius 1 is 1.25 bits per heavy atom. The summed E-state index contributed by atoms with van der Waals surface area (Å²) in [6, 6.07) is 13.3. The summed E-state index contributed by atoms with van der Waals surface area (Å²) in [6.45, 7) is 0. The zero-order chi connectivity index (χ0) is 16.9. The van der Waals surface area contributed by atoms with E-state index >= 15 is 0 Å². The SMILES string of the molecule is O=C(CC(c1cccc(F)c1)n1ccnc1)Nc1cccc(Br)c1. The Morgan fingerprint density at radius 3 is 2.79 bits per heavy atom. The molecule has 0 aliphatic heterocycles. The van der Waals surface area contributed by atoms with Gasteiger partial charge >= 0.3 is 0 Å². The van der Waals surface area contributed by atoms with Gasteiger partial charge in [0.25, 0.3) is 0 Å². The second-order valence-electron chi connectivity index (χ2n) is 5.34. The van der Waals surface area contributed by atoms with E-state index in [0.29, 0.717) is 5.69 Å². The van der Waals surface area contributed by atoms with Crippen molar-refractivity contribution >= 4 is 27.5 Å². The normalized spacial score (nSPS) is 11.9. The van der Waals surface area contributed by atoms with E-state index in [4.69, 9.17) is 0 Å². The molecule has 0 fully saturated rings. The number of benzene rings is 2. The molecule has 122 valence electrons. The summed E-state index contributed by atoms with van der Waals surface area (Å²) in [7, 11) is 0. The van der Waals surface area contributed by atoms with E-state index in [2.05, 4.69) is 26.2 Å². The zero-order valence-electron chi connectivity index (χ0n) is 12.7.